The molecule has 0 amide bonds. The van der Waals surface area contributed by atoms with Crippen LogP contribution in [-0.4, -0.2) is 11.7 Å². The van der Waals surface area contributed by atoms with Crippen LogP contribution < -0.4 is 0 Å². The number of hydrogen-bond acceptors (Lipinski definition) is 3. The van der Waals surface area contributed by atoms with Gasteiger partial charge in [-0.15, -0.1) is 0 Å². The summed E-state index contributed by atoms with van der Waals surface area (Å²) in [4.78, 5) is 0. The van der Waals surface area contributed by atoms with E-state index in [1.54, 1.807) is 0 Å². The van der Waals surface area contributed by atoms with Gasteiger partial charge in [0.1, 0.15) is 0 Å². The van der Waals surface area contributed by atoms with Gasteiger partial charge in [0.15, 0.2) is 0 Å². The molecule has 1 N–H and O–H groups in total. The molecule has 0 aromatic heterocycles. The zero-order valence-corrected chi connectivity index (χ0v) is 7.03. The van der Waals surface area contributed by atoms with Crippen LogP contribution in [0.4, 0.5) is 0 Å². The van der Waals surface area contributed by atoms with Crippen molar-refractivity contribution in [2.24, 2.45) is 0 Å². The molecule has 0 radical (unpaired) electrons. The Bertz CT molecular complexity index is 56.3. The Kier molecular flexibility index (Phi) is 21.8. The summed E-state index contributed by atoms with van der Waals surface area (Å²) in [6, 6.07) is 0. The Morgan fingerprint density at radius 3 is 1.88 bits per heavy atom. The molecule has 0 rings (SSSR count). The van der Waals surface area contributed by atoms with E-state index >= 15 is 0 Å². The zero-order valence-electron chi connectivity index (χ0n) is 4.83. The Labute approximate surface area is 58.1 Å². The summed E-state index contributed by atoms with van der Waals surface area (Å²) in [5, 5.41) is 8.07. The molecule has 0 aliphatic heterocycles. The van der Waals surface area contributed by atoms with Crippen LogP contribution >= 0.6 is 0 Å². The van der Waals surface area contributed by atoms with Crippen molar-refractivity contribution in [2.45, 2.75) is 19.8 Å². The van der Waals surface area contributed by atoms with Gasteiger partial charge >= 0.3 is 26.2 Å². The average Bonchev–Trinajstić information content (AvgIpc) is 1.71. The first-order valence-corrected chi connectivity index (χ1v) is 4.18. The summed E-state index contributed by atoms with van der Waals surface area (Å²) in [6.45, 7) is 2.40. The van der Waals surface area contributed by atoms with Gasteiger partial charge in [-0.3, -0.25) is 0 Å². The number of unbranched alkanes of at least 4 members (excludes halogenated alkanes) is 1. The first-order valence-electron chi connectivity index (χ1n) is 2.39. The third-order valence-electron chi connectivity index (χ3n) is 0.512. The van der Waals surface area contributed by atoms with E-state index in [9.17, 15) is 0 Å². The molecule has 4 heteroatoms. The van der Waals surface area contributed by atoms with Gasteiger partial charge < -0.3 is 5.11 Å². The van der Waals surface area contributed by atoms with Crippen LogP contribution in [0.5, 0.6) is 0 Å². The van der Waals surface area contributed by atoms with Crippen LogP contribution in [0.2, 0.25) is 0 Å². The van der Waals surface area contributed by atoms with E-state index in [0.717, 1.165) is 12.8 Å². The maximum atomic E-state index is 8.52. The Morgan fingerprint density at radius 2 is 1.88 bits per heavy atom. The molecular formula is C4H10NbO3. The van der Waals surface area contributed by atoms with Crippen molar-refractivity contribution in [2.75, 3.05) is 6.61 Å². The molecule has 49 valence electrons. The van der Waals surface area contributed by atoms with Crippen molar-refractivity contribution >= 4 is 0 Å². The second-order valence-electron chi connectivity index (χ2n) is 1.15. The summed E-state index contributed by atoms with van der Waals surface area (Å²) < 4.78 is 17.0. The van der Waals surface area contributed by atoms with Gasteiger partial charge in [0.25, 0.3) is 0 Å². The summed E-state index contributed by atoms with van der Waals surface area (Å²) in [7, 11) is 0. The second-order valence-corrected chi connectivity index (χ2v) is 1.52. The van der Waals surface area contributed by atoms with E-state index < -0.39 is 19.7 Å². The predicted molar refractivity (Wildman–Crippen MR) is 23.4 cm³/mol. The van der Waals surface area contributed by atoms with Gasteiger partial charge in [-0.05, 0) is 6.42 Å². The zero-order chi connectivity index (χ0) is 6.83. The molecule has 8 heavy (non-hydrogen) atoms. The van der Waals surface area contributed by atoms with Crippen molar-refractivity contribution < 1.29 is 31.3 Å². The molecule has 3 nitrogen and oxygen atoms in total. The summed E-state index contributed by atoms with van der Waals surface area (Å²) in [5.74, 6) is 0. The normalized spacial score (nSPS) is 6.25. The van der Waals surface area contributed by atoms with Crippen molar-refractivity contribution in [1.29, 1.82) is 0 Å². The molecule has 0 aromatic rings. The van der Waals surface area contributed by atoms with E-state index in [-0.39, 0.29) is 0 Å². The van der Waals surface area contributed by atoms with Crippen LogP contribution in [0.3, 0.4) is 0 Å². The third kappa shape index (κ3) is 33.5. The summed E-state index contributed by atoms with van der Waals surface area (Å²) in [6.07, 6.45) is 2.04. The van der Waals surface area contributed by atoms with Gasteiger partial charge in [-0.2, -0.15) is 0 Å². The van der Waals surface area contributed by atoms with Crippen LogP contribution in [0.25, 0.3) is 0 Å². The molecular weight excluding hydrogens is 189 g/mol. The third-order valence-corrected chi connectivity index (χ3v) is 0.512. The standard InChI is InChI=1S/C4H10O.Nb.2O/c1-2-3-4-5;;;/h5H,2-4H2,1H3;;;. The van der Waals surface area contributed by atoms with Crippen LogP contribution in [0, 0.1) is 0 Å². The number of hydrogen-bond donors (Lipinski definition) is 1. The Hall–Kier alpha value is 0.300. The molecule has 0 spiro atoms. The SMILES string of the molecule is CCCCO.[O]=[Nb]=[O]. The fourth-order valence-corrected chi connectivity index (χ4v) is 0.158. The molecule has 0 aliphatic carbocycles. The Morgan fingerprint density at radius 1 is 1.50 bits per heavy atom. The number of aliphatic hydroxyl groups excluding tert-OH is 1. The summed E-state index contributed by atoms with van der Waals surface area (Å²) in [5.41, 5.74) is 0. The molecule has 0 atom stereocenters. The molecule has 0 aromatic carbocycles. The van der Waals surface area contributed by atoms with Crippen molar-refractivity contribution in [3.05, 3.63) is 0 Å². The van der Waals surface area contributed by atoms with E-state index in [0.29, 0.717) is 6.61 Å². The monoisotopic (exact) mass is 199 g/mol. The fourth-order valence-electron chi connectivity index (χ4n) is 0.158. The molecule has 0 heterocycles. The van der Waals surface area contributed by atoms with Gasteiger partial charge in [0.2, 0.25) is 0 Å². The van der Waals surface area contributed by atoms with E-state index in [2.05, 4.69) is 6.92 Å². The fraction of sp³-hybridized carbons (Fsp3) is 1.00. The van der Waals surface area contributed by atoms with Crippen molar-refractivity contribution in [1.82, 2.24) is 0 Å². The first-order chi connectivity index (χ1) is 3.83. The molecule has 0 fully saturated rings. The molecule has 0 bridgehead atoms. The predicted octanol–water partition coefficient (Wildman–Crippen LogP) is 0.539. The van der Waals surface area contributed by atoms with E-state index in [1.807, 2.05) is 0 Å². The number of aliphatic hydroxyl groups is 1. The first kappa shape index (κ1) is 11.1. The van der Waals surface area contributed by atoms with E-state index in [4.69, 9.17) is 11.6 Å². The van der Waals surface area contributed by atoms with Gasteiger partial charge in [-0.25, -0.2) is 0 Å². The minimum atomic E-state index is -2.15. The van der Waals surface area contributed by atoms with Gasteiger partial charge in [-0.1, -0.05) is 13.3 Å². The molecule has 0 saturated heterocycles. The molecule has 0 unspecified atom stereocenters. The maximum absolute atomic E-state index is 8.52. The average molecular weight is 199 g/mol. The Balaban J connectivity index is 0. The van der Waals surface area contributed by atoms with Gasteiger partial charge in [0.05, 0.1) is 0 Å². The van der Waals surface area contributed by atoms with Gasteiger partial charge in [0, 0.05) is 6.61 Å². The van der Waals surface area contributed by atoms with Crippen LogP contribution in [0.15, 0.2) is 0 Å². The molecule has 0 saturated carbocycles. The van der Waals surface area contributed by atoms with Crippen LogP contribution in [0.1, 0.15) is 19.8 Å². The van der Waals surface area contributed by atoms with Crippen LogP contribution in [-0.2, 0) is 26.2 Å². The second kappa shape index (κ2) is 15.7. The van der Waals surface area contributed by atoms with Crippen molar-refractivity contribution in [3.8, 4) is 0 Å². The minimum absolute atomic E-state index is 0.344. The van der Waals surface area contributed by atoms with E-state index in [1.165, 1.54) is 0 Å². The number of rotatable bonds is 2. The van der Waals surface area contributed by atoms with Crippen molar-refractivity contribution in [3.63, 3.8) is 0 Å². The summed E-state index contributed by atoms with van der Waals surface area (Å²) >= 11 is -2.15. The molecule has 0 aliphatic rings. The topological polar surface area (TPSA) is 54.4 Å². The quantitative estimate of drug-likeness (QED) is 0.660.